The maximum absolute atomic E-state index is 12.4. The summed E-state index contributed by atoms with van der Waals surface area (Å²) < 4.78 is 31.7. The molecule has 0 spiro atoms. The number of amides is 2. The zero-order valence-electron chi connectivity index (χ0n) is 15.9. The zero-order chi connectivity index (χ0) is 20.0. The van der Waals surface area contributed by atoms with Gasteiger partial charge in [-0.2, -0.15) is 0 Å². The van der Waals surface area contributed by atoms with Gasteiger partial charge in [-0.1, -0.05) is 0 Å². The van der Waals surface area contributed by atoms with E-state index in [1.54, 1.807) is 25.7 Å². The molecule has 0 radical (unpaired) electrons. The van der Waals surface area contributed by atoms with Crippen LogP contribution in [0.2, 0.25) is 0 Å². The Bertz CT molecular complexity index is 754. The molecule has 150 valence electrons. The summed E-state index contributed by atoms with van der Waals surface area (Å²) in [6, 6.07) is 5.59. The first-order valence-electron chi connectivity index (χ1n) is 9.08. The van der Waals surface area contributed by atoms with E-state index in [2.05, 4.69) is 10.0 Å². The molecule has 1 aromatic rings. The standard InChI is InChI=1S/C18H27N3O5S/c1-4-26-18(23)21-11-9-15(10-12-21)19-17(22)14-5-7-16(8-6-14)27(24,25)20-13(2)3/h5-8,13,15,20H,4,9-12H2,1-3H3,(H,19,22). The van der Waals surface area contributed by atoms with E-state index in [0.717, 1.165) is 0 Å². The smallest absolute Gasteiger partial charge is 0.409 e. The highest BCUT2D eigenvalue weighted by molar-refractivity contribution is 7.89. The van der Waals surface area contributed by atoms with Gasteiger partial charge >= 0.3 is 6.09 Å². The van der Waals surface area contributed by atoms with E-state index in [9.17, 15) is 18.0 Å². The van der Waals surface area contributed by atoms with Crippen LogP contribution in [0.4, 0.5) is 4.79 Å². The molecule has 1 aliphatic heterocycles. The topological polar surface area (TPSA) is 105 Å². The molecule has 1 fully saturated rings. The third-order valence-electron chi connectivity index (χ3n) is 4.17. The molecule has 8 nitrogen and oxygen atoms in total. The van der Waals surface area contributed by atoms with Crippen LogP contribution in [-0.4, -0.2) is 57.1 Å². The van der Waals surface area contributed by atoms with Crippen molar-refractivity contribution in [3.8, 4) is 0 Å². The molecule has 1 heterocycles. The van der Waals surface area contributed by atoms with Gasteiger partial charge in [-0.05, 0) is 57.9 Å². The fourth-order valence-electron chi connectivity index (χ4n) is 2.85. The fourth-order valence-corrected chi connectivity index (χ4v) is 4.10. The lowest BCUT2D eigenvalue weighted by Crippen LogP contribution is -2.46. The minimum Gasteiger partial charge on any atom is -0.450 e. The van der Waals surface area contributed by atoms with E-state index >= 15 is 0 Å². The second kappa shape index (κ2) is 9.18. The lowest BCUT2D eigenvalue weighted by atomic mass is 10.0. The number of rotatable bonds is 6. The summed E-state index contributed by atoms with van der Waals surface area (Å²) in [5, 5.41) is 2.93. The molecule has 27 heavy (non-hydrogen) atoms. The van der Waals surface area contributed by atoms with Crippen molar-refractivity contribution in [1.29, 1.82) is 0 Å². The van der Waals surface area contributed by atoms with Crippen molar-refractivity contribution < 1.29 is 22.7 Å². The van der Waals surface area contributed by atoms with Crippen LogP contribution in [0.25, 0.3) is 0 Å². The summed E-state index contributed by atoms with van der Waals surface area (Å²) in [5.74, 6) is -0.259. The summed E-state index contributed by atoms with van der Waals surface area (Å²) in [7, 11) is -3.58. The lowest BCUT2D eigenvalue weighted by molar-refractivity contribution is 0.0860. The van der Waals surface area contributed by atoms with Crippen LogP contribution in [0.15, 0.2) is 29.2 Å². The van der Waals surface area contributed by atoms with Crippen molar-refractivity contribution in [1.82, 2.24) is 14.9 Å². The Hall–Kier alpha value is -2.13. The number of likely N-dealkylation sites (tertiary alicyclic amines) is 1. The average molecular weight is 397 g/mol. The maximum Gasteiger partial charge on any atom is 0.409 e. The first kappa shape index (κ1) is 21.2. The van der Waals surface area contributed by atoms with Crippen LogP contribution in [0.1, 0.15) is 44.0 Å². The summed E-state index contributed by atoms with van der Waals surface area (Å²) in [5.41, 5.74) is 0.395. The predicted molar refractivity (Wildman–Crippen MR) is 101 cm³/mol. The minimum atomic E-state index is -3.58. The van der Waals surface area contributed by atoms with Crippen molar-refractivity contribution in [3.63, 3.8) is 0 Å². The first-order valence-corrected chi connectivity index (χ1v) is 10.6. The second-order valence-electron chi connectivity index (χ2n) is 6.73. The Kier molecular flexibility index (Phi) is 7.20. The molecule has 0 saturated carbocycles. The molecule has 1 aromatic carbocycles. The lowest BCUT2D eigenvalue weighted by Gasteiger charge is -2.31. The predicted octanol–water partition coefficient (Wildman–Crippen LogP) is 1.72. The van der Waals surface area contributed by atoms with E-state index in [-0.39, 0.29) is 29.0 Å². The fraction of sp³-hybridized carbons (Fsp3) is 0.556. The number of carbonyl (C=O) groups is 2. The van der Waals surface area contributed by atoms with Gasteiger partial charge in [0.15, 0.2) is 0 Å². The van der Waals surface area contributed by atoms with Crippen molar-refractivity contribution >= 4 is 22.0 Å². The molecule has 0 atom stereocenters. The molecule has 1 saturated heterocycles. The monoisotopic (exact) mass is 397 g/mol. The third kappa shape index (κ3) is 5.93. The van der Waals surface area contributed by atoms with Gasteiger partial charge in [-0.3, -0.25) is 4.79 Å². The van der Waals surface area contributed by atoms with Gasteiger partial charge in [0.2, 0.25) is 10.0 Å². The number of benzene rings is 1. The van der Waals surface area contributed by atoms with Crippen LogP contribution in [0.5, 0.6) is 0 Å². The largest absolute Gasteiger partial charge is 0.450 e. The molecule has 2 N–H and O–H groups in total. The van der Waals surface area contributed by atoms with Gasteiger partial charge in [-0.25, -0.2) is 17.9 Å². The summed E-state index contributed by atoms with van der Waals surface area (Å²) in [6.45, 7) is 6.65. The van der Waals surface area contributed by atoms with E-state index in [1.165, 1.54) is 24.3 Å². The number of sulfonamides is 1. The van der Waals surface area contributed by atoms with E-state index < -0.39 is 10.0 Å². The molecule has 0 unspecified atom stereocenters. The van der Waals surface area contributed by atoms with Crippen LogP contribution in [0, 0.1) is 0 Å². The molecule has 2 rings (SSSR count). The van der Waals surface area contributed by atoms with E-state index in [1.807, 2.05) is 0 Å². The Morgan fingerprint density at radius 3 is 2.30 bits per heavy atom. The van der Waals surface area contributed by atoms with Crippen molar-refractivity contribution in [2.75, 3.05) is 19.7 Å². The number of nitrogens with zero attached hydrogens (tertiary/aromatic N) is 1. The third-order valence-corrected chi connectivity index (χ3v) is 5.85. The van der Waals surface area contributed by atoms with E-state index in [4.69, 9.17) is 4.74 Å². The molecule has 9 heteroatoms. The van der Waals surface area contributed by atoms with Crippen LogP contribution in [0.3, 0.4) is 0 Å². The van der Waals surface area contributed by atoms with Crippen molar-refractivity contribution in [3.05, 3.63) is 29.8 Å². The number of hydrogen-bond donors (Lipinski definition) is 2. The number of hydrogen-bond acceptors (Lipinski definition) is 5. The number of nitrogens with one attached hydrogen (secondary N) is 2. The number of ether oxygens (including phenoxy) is 1. The minimum absolute atomic E-state index is 0.0332. The van der Waals surface area contributed by atoms with Crippen LogP contribution in [-0.2, 0) is 14.8 Å². The summed E-state index contributed by atoms with van der Waals surface area (Å²) in [6.07, 6.45) is 0.971. The highest BCUT2D eigenvalue weighted by Crippen LogP contribution is 2.14. The van der Waals surface area contributed by atoms with Gasteiger partial charge in [0.1, 0.15) is 0 Å². The SMILES string of the molecule is CCOC(=O)N1CCC(NC(=O)c2ccc(S(=O)(=O)NC(C)C)cc2)CC1. The summed E-state index contributed by atoms with van der Waals surface area (Å²) in [4.78, 5) is 25.8. The molecule has 2 amide bonds. The van der Waals surface area contributed by atoms with Gasteiger partial charge in [0, 0.05) is 30.7 Å². The molecular weight excluding hydrogens is 370 g/mol. The Morgan fingerprint density at radius 1 is 1.19 bits per heavy atom. The van der Waals surface area contributed by atoms with E-state index in [0.29, 0.717) is 38.1 Å². The van der Waals surface area contributed by atoms with Crippen LogP contribution >= 0.6 is 0 Å². The van der Waals surface area contributed by atoms with Crippen molar-refractivity contribution in [2.24, 2.45) is 0 Å². The molecule has 0 aliphatic carbocycles. The highest BCUT2D eigenvalue weighted by atomic mass is 32.2. The Labute approximate surface area is 160 Å². The molecule has 0 aromatic heterocycles. The number of carbonyl (C=O) groups excluding carboxylic acids is 2. The molecule has 0 bridgehead atoms. The zero-order valence-corrected chi connectivity index (χ0v) is 16.7. The van der Waals surface area contributed by atoms with Crippen molar-refractivity contribution in [2.45, 2.75) is 50.6 Å². The second-order valence-corrected chi connectivity index (χ2v) is 8.45. The van der Waals surface area contributed by atoms with Gasteiger partial charge < -0.3 is 15.0 Å². The normalized spacial score (nSPS) is 15.6. The quantitative estimate of drug-likeness (QED) is 0.761. The summed E-state index contributed by atoms with van der Waals surface area (Å²) >= 11 is 0. The Morgan fingerprint density at radius 2 is 1.78 bits per heavy atom. The van der Waals surface area contributed by atoms with Gasteiger partial charge in [0.05, 0.1) is 11.5 Å². The van der Waals surface area contributed by atoms with Gasteiger partial charge in [-0.15, -0.1) is 0 Å². The Balaban J connectivity index is 1.91. The molecule has 1 aliphatic rings. The van der Waals surface area contributed by atoms with Crippen LogP contribution < -0.4 is 10.0 Å². The maximum atomic E-state index is 12.4. The van der Waals surface area contributed by atoms with Gasteiger partial charge in [0.25, 0.3) is 5.91 Å². The number of piperidine rings is 1. The highest BCUT2D eigenvalue weighted by Gasteiger charge is 2.25. The molecular formula is C18H27N3O5S. The average Bonchev–Trinajstić information content (AvgIpc) is 2.61. The first-order chi connectivity index (χ1) is 12.7.